The van der Waals surface area contributed by atoms with Crippen LogP contribution in [0.3, 0.4) is 0 Å². The van der Waals surface area contributed by atoms with E-state index in [-0.39, 0.29) is 9.16 Å². The maximum Gasteiger partial charge on any atom is 0.0685 e. The van der Waals surface area contributed by atoms with Gasteiger partial charge in [-0.1, -0.05) is 0 Å². The lowest BCUT2D eigenvalue weighted by Gasteiger charge is -2.11. The molecular weight excluding hydrogens is 240 g/mol. The van der Waals surface area contributed by atoms with E-state index >= 15 is 0 Å². The summed E-state index contributed by atoms with van der Waals surface area (Å²) in [6, 6.07) is 0. The van der Waals surface area contributed by atoms with Gasteiger partial charge in [0.2, 0.25) is 0 Å². The molecule has 0 fully saturated rings. The van der Waals surface area contributed by atoms with Crippen molar-refractivity contribution < 1.29 is 0 Å². The first-order valence-corrected chi connectivity index (χ1v) is 6.91. The molecular formula is C4H10S6. The quantitative estimate of drug-likeness (QED) is 0.337. The molecule has 0 aliphatic heterocycles. The number of thioether (sulfide) groups is 2. The smallest absolute Gasteiger partial charge is 0.0685 e. The van der Waals surface area contributed by atoms with Crippen LogP contribution in [0.2, 0.25) is 0 Å². The molecule has 0 saturated heterocycles. The van der Waals surface area contributed by atoms with Gasteiger partial charge < -0.3 is 0 Å². The van der Waals surface area contributed by atoms with E-state index in [1.165, 1.54) is 0 Å². The standard InChI is InChI=1S/C4H10S6/c5-1-9-2-10-4(8)3(6)7/h3-8H,1-2H2. The summed E-state index contributed by atoms with van der Waals surface area (Å²) in [6.45, 7) is 0. The van der Waals surface area contributed by atoms with E-state index in [1.54, 1.807) is 23.5 Å². The summed E-state index contributed by atoms with van der Waals surface area (Å²) in [4.78, 5) is 0. The lowest BCUT2D eigenvalue weighted by Crippen LogP contribution is -2.03. The third-order valence-corrected chi connectivity index (χ3v) is 5.44. The second-order valence-corrected chi connectivity index (χ2v) is 7.07. The zero-order valence-corrected chi connectivity index (χ0v) is 10.4. The third-order valence-electron chi connectivity index (χ3n) is 0.668. The molecule has 0 nitrogen and oxygen atoms in total. The fourth-order valence-corrected chi connectivity index (χ4v) is 3.39. The van der Waals surface area contributed by atoms with Crippen molar-refractivity contribution in [2.45, 2.75) is 9.16 Å². The molecule has 0 aliphatic carbocycles. The fourth-order valence-electron chi connectivity index (χ4n) is 0.241. The minimum absolute atomic E-state index is 0.0499. The molecule has 6 heteroatoms. The van der Waals surface area contributed by atoms with Crippen molar-refractivity contribution >= 4 is 74.0 Å². The molecule has 0 N–H and O–H groups in total. The van der Waals surface area contributed by atoms with Crippen molar-refractivity contribution in [1.82, 2.24) is 0 Å². The molecule has 0 aromatic heterocycles. The predicted molar refractivity (Wildman–Crippen MR) is 68.4 cm³/mol. The van der Waals surface area contributed by atoms with Crippen LogP contribution in [-0.2, 0) is 0 Å². The Balaban J connectivity index is 3.13. The molecule has 1 unspecified atom stereocenters. The van der Waals surface area contributed by atoms with E-state index in [9.17, 15) is 0 Å². The van der Waals surface area contributed by atoms with Gasteiger partial charge in [-0.15, -0.1) is 23.5 Å². The molecule has 0 heterocycles. The normalized spacial score (nSPS) is 14.1. The summed E-state index contributed by atoms with van der Waals surface area (Å²) >= 11 is 20.1. The van der Waals surface area contributed by atoms with Gasteiger partial charge in [-0.2, -0.15) is 50.5 Å². The van der Waals surface area contributed by atoms with Crippen molar-refractivity contribution in [2.75, 3.05) is 10.2 Å². The topological polar surface area (TPSA) is 0 Å². The van der Waals surface area contributed by atoms with Crippen LogP contribution in [0.4, 0.5) is 0 Å². The first-order chi connectivity index (χ1) is 4.68. The van der Waals surface area contributed by atoms with Gasteiger partial charge in [0.15, 0.2) is 0 Å². The monoisotopic (exact) mass is 250 g/mol. The van der Waals surface area contributed by atoms with Gasteiger partial charge in [0.25, 0.3) is 0 Å². The number of rotatable bonds is 5. The van der Waals surface area contributed by atoms with Crippen LogP contribution in [-0.4, -0.2) is 19.3 Å². The summed E-state index contributed by atoms with van der Waals surface area (Å²) in [7, 11) is 0. The van der Waals surface area contributed by atoms with E-state index in [0.717, 1.165) is 10.2 Å². The molecule has 0 bridgehead atoms. The Labute approximate surface area is 92.7 Å². The molecule has 0 amide bonds. The molecule has 0 aliphatic rings. The van der Waals surface area contributed by atoms with Crippen molar-refractivity contribution in [3.63, 3.8) is 0 Å². The van der Waals surface area contributed by atoms with E-state index in [2.05, 4.69) is 50.5 Å². The Hall–Kier alpha value is 2.10. The molecule has 0 radical (unpaired) electrons. The van der Waals surface area contributed by atoms with Gasteiger partial charge in [-0.25, -0.2) is 0 Å². The van der Waals surface area contributed by atoms with Crippen molar-refractivity contribution in [3.8, 4) is 0 Å². The highest BCUT2D eigenvalue weighted by Gasteiger charge is 2.08. The van der Waals surface area contributed by atoms with E-state index in [1.807, 2.05) is 0 Å². The maximum absolute atomic E-state index is 4.27. The zero-order chi connectivity index (χ0) is 7.98. The average Bonchev–Trinajstić information content (AvgIpc) is 1.88. The molecule has 0 spiro atoms. The van der Waals surface area contributed by atoms with Gasteiger partial charge in [-0.3, -0.25) is 0 Å². The molecule has 1 atom stereocenters. The van der Waals surface area contributed by atoms with Crippen LogP contribution >= 0.6 is 74.0 Å². The second kappa shape index (κ2) is 7.73. The van der Waals surface area contributed by atoms with Crippen LogP contribution in [0.25, 0.3) is 0 Å². The van der Waals surface area contributed by atoms with Crippen LogP contribution < -0.4 is 0 Å². The summed E-state index contributed by atoms with van der Waals surface area (Å²) in [5.41, 5.74) is 0. The highest BCUT2D eigenvalue weighted by atomic mass is 32.2. The molecule has 0 aromatic carbocycles. The molecule has 0 saturated carbocycles. The van der Waals surface area contributed by atoms with E-state index in [0.29, 0.717) is 0 Å². The Morgan fingerprint density at radius 1 is 1.20 bits per heavy atom. The minimum Gasteiger partial charge on any atom is -0.168 e. The molecule has 62 valence electrons. The maximum atomic E-state index is 4.27. The predicted octanol–water partition coefficient (Wildman–Crippen LogP) is 2.74. The highest BCUT2D eigenvalue weighted by Crippen LogP contribution is 2.27. The number of hydrogen-bond donors (Lipinski definition) is 4. The molecule has 0 rings (SSSR count). The Kier molecular flexibility index (Phi) is 9.36. The van der Waals surface area contributed by atoms with Gasteiger partial charge in [0.05, 0.1) is 9.16 Å². The number of hydrogen-bond acceptors (Lipinski definition) is 6. The Morgan fingerprint density at radius 2 is 1.80 bits per heavy atom. The minimum atomic E-state index is 0.0499. The van der Waals surface area contributed by atoms with Gasteiger partial charge in [-0.05, 0) is 0 Å². The first kappa shape index (κ1) is 12.1. The summed E-state index contributed by atoms with van der Waals surface area (Å²) in [5, 5.41) is 1.87. The number of thiol groups is 4. The summed E-state index contributed by atoms with van der Waals surface area (Å²) in [6.07, 6.45) is 0. The van der Waals surface area contributed by atoms with Gasteiger partial charge in [0, 0.05) is 10.2 Å². The fraction of sp³-hybridized carbons (Fsp3) is 1.00. The lowest BCUT2D eigenvalue weighted by molar-refractivity contribution is 1.40. The van der Waals surface area contributed by atoms with Gasteiger partial charge in [0.1, 0.15) is 0 Å². The highest BCUT2D eigenvalue weighted by molar-refractivity contribution is 8.23. The Bertz CT molecular complexity index is 74.1. The summed E-state index contributed by atoms with van der Waals surface area (Å²) in [5.74, 6) is 0. The Morgan fingerprint density at radius 3 is 2.20 bits per heavy atom. The summed E-state index contributed by atoms with van der Waals surface area (Å²) < 4.78 is 0.257. The molecule has 0 aromatic rings. The van der Waals surface area contributed by atoms with Crippen molar-refractivity contribution in [3.05, 3.63) is 0 Å². The van der Waals surface area contributed by atoms with Crippen LogP contribution in [0, 0.1) is 0 Å². The SMILES string of the molecule is SCSCSC(S)C(S)S. The van der Waals surface area contributed by atoms with Crippen LogP contribution in [0.5, 0.6) is 0 Å². The third kappa shape index (κ3) is 6.79. The van der Waals surface area contributed by atoms with Gasteiger partial charge >= 0.3 is 0 Å². The van der Waals surface area contributed by atoms with Crippen LogP contribution in [0.1, 0.15) is 0 Å². The zero-order valence-electron chi connectivity index (χ0n) is 5.17. The van der Waals surface area contributed by atoms with E-state index in [4.69, 9.17) is 0 Å². The average molecular weight is 251 g/mol. The largest absolute Gasteiger partial charge is 0.168 e. The molecule has 10 heavy (non-hydrogen) atoms. The van der Waals surface area contributed by atoms with E-state index < -0.39 is 0 Å². The second-order valence-electron chi connectivity index (χ2n) is 1.42. The van der Waals surface area contributed by atoms with Crippen LogP contribution in [0.15, 0.2) is 0 Å². The lowest BCUT2D eigenvalue weighted by atomic mass is 10.9. The first-order valence-electron chi connectivity index (χ1n) is 2.53. The van der Waals surface area contributed by atoms with Crippen molar-refractivity contribution in [2.24, 2.45) is 0 Å². The van der Waals surface area contributed by atoms with Crippen molar-refractivity contribution in [1.29, 1.82) is 0 Å².